The zero-order valence-corrected chi connectivity index (χ0v) is 11.1. The number of ether oxygens (including phenoxy) is 1. The molecule has 96 valence electrons. The van der Waals surface area contributed by atoms with Gasteiger partial charge in [-0.15, -0.1) is 0 Å². The molecule has 4 N–H and O–H groups in total. The first-order valence-corrected chi connectivity index (χ1v) is 6.48. The number of halogens is 1. The fourth-order valence-corrected chi connectivity index (χ4v) is 3.31. The van der Waals surface area contributed by atoms with Gasteiger partial charge in [-0.1, -0.05) is 28.1 Å². The lowest BCUT2D eigenvalue weighted by atomic mass is 9.77. The summed E-state index contributed by atoms with van der Waals surface area (Å²) in [5.41, 5.74) is 6.58. The minimum atomic E-state index is -2.32. The number of hydrogen-bond acceptors (Lipinski definition) is 5. The fourth-order valence-electron chi connectivity index (χ4n) is 2.70. The van der Waals surface area contributed by atoms with Crippen LogP contribution in [0.1, 0.15) is 17.5 Å². The van der Waals surface area contributed by atoms with Crippen LogP contribution in [0.3, 0.4) is 0 Å². The molecule has 1 aromatic carbocycles. The van der Waals surface area contributed by atoms with Crippen molar-refractivity contribution < 1.29 is 14.9 Å². The van der Waals surface area contributed by atoms with E-state index in [2.05, 4.69) is 20.9 Å². The Morgan fingerprint density at radius 3 is 2.83 bits per heavy atom. The molecule has 0 fully saturated rings. The van der Waals surface area contributed by atoms with Gasteiger partial charge < -0.3 is 20.7 Å². The predicted octanol–water partition coefficient (Wildman–Crippen LogP) is 0.660. The van der Waals surface area contributed by atoms with Crippen molar-refractivity contribution in [1.29, 1.82) is 0 Å². The molecule has 6 heteroatoms. The maximum absolute atomic E-state index is 9.96. The molecular weight excluding hydrogens is 300 g/mol. The van der Waals surface area contributed by atoms with E-state index in [1.807, 2.05) is 18.2 Å². The summed E-state index contributed by atoms with van der Waals surface area (Å²) >= 11 is 3.50. The molecule has 2 aliphatic rings. The van der Waals surface area contributed by atoms with E-state index in [-0.39, 0.29) is 6.02 Å². The largest absolute Gasteiger partial charge is 0.406 e. The van der Waals surface area contributed by atoms with Gasteiger partial charge >= 0.3 is 5.97 Å². The molecule has 3 rings (SSSR count). The van der Waals surface area contributed by atoms with E-state index in [4.69, 9.17) is 10.5 Å². The molecule has 1 spiro atoms. The molecule has 1 aliphatic heterocycles. The Morgan fingerprint density at radius 2 is 2.17 bits per heavy atom. The minimum Gasteiger partial charge on any atom is -0.406 e. The highest BCUT2D eigenvalue weighted by Crippen LogP contribution is 2.43. The maximum Gasteiger partial charge on any atom is 0.351 e. The van der Waals surface area contributed by atoms with Crippen molar-refractivity contribution in [1.82, 2.24) is 0 Å². The van der Waals surface area contributed by atoms with E-state index < -0.39 is 11.5 Å². The van der Waals surface area contributed by atoms with Gasteiger partial charge in [0.25, 0.3) is 6.02 Å². The van der Waals surface area contributed by atoms with Crippen LogP contribution in [0.25, 0.3) is 0 Å². The van der Waals surface area contributed by atoms with Gasteiger partial charge in [-0.3, -0.25) is 0 Å². The second kappa shape index (κ2) is 3.69. The molecule has 0 radical (unpaired) electrons. The highest BCUT2D eigenvalue weighted by atomic mass is 79.9. The van der Waals surface area contributed by atoms with Crippen molar-refractivity contribution in [2.45, 2.75) is 30.8 Å². The van der Waals surface area contributed by atoms with E-state index in [1.54, 1.807) is 0 Å². The Labute approximate surface area is 112 Å². The lowest BCUT2D eigenvalue weighted by Gasteiger charge is -2.37. The predicted molar refractivity (Wildman–Crippen MR) is 68.8 cm³/mol. The van der Waals surface area contributed by atoms with Crippen molar-refractivity contribution in [2.24, 2.45) is 10.7 Å². The van der Waals surface area contributed by atoms with Crippen LogP contribution in [0, 0.1) is 0 Å². The minimum absolute atomic E-state index is 0.168. The van der Waals surface area contributed by atoms with Crippen LogP contribution >= 0.6 is 15.9 Å². The maximum atomic E-state index is 9.96. The Bertz CT molecular complexity index is 544. The quantitative estimate of drug-likeness (QED) is 0.614. The number of aliphatic hydroxyl groups is 2. The number of aliphatic imine (C=N–C) groups is 1. The molecule has 5 nitrogen and oxygen atoms in total. The first-order chi connectivity index (χ1) is 8.44. The molecule has 1 aromatic rings. The average Bonchev–Trinajstić information content (AvgIpc) is 2.48. The first kappa shape index (κ1) is 12.0. The number of fused-ring (bicyclic) bond motifs is 1. The smallest absolute Gasteiger partial charge is 0.351 e. The van der Waals surface area contributed by atoms with Gasteiger partial charge in [0.15, 0.2) is 5.54 Å². The van der Waals surface area contributed by atoms with Crippen molar-refractivity contribution in [2.75, 3.05) is 0 Å². The number of hydrogen-bond donors (Lipinski definition) is 3. The molecule has 0 amide bonds. The van der Waals surface area contributed by atoms with E-state index >= 15 is 0 Å². The topological polar surface area (TPSA) is 88.1 Å². The molecule has 0 aromatic heterocycles. The van der Waals surface area contributed by atoms with E-state index in [0.717, 1.165) is 10.0 Å². The number of benzene rings is 1. The molecule has 1 aliphatic carbocycles. The Hall–Kier alpha value is -1.11. The van der Waals surface area contributed by atoms with Gasteiger partial charge in [-0.05, 0) is 30.0 Å². The molecule has 0 saturated carbocycles. The number of rotatable bonds is 0. The van der Waals surface area contributed by atoms with Gasteiger partial charge in [0.1, 0.15) is 0 Å². The zero-order chi connectivity index (χ0) is 13.0. The molecule has 0 saturated heterocycles. The van der Waals surface area contributed by atoms with Crippen molar-refractivity contribution in [3.05, 3.63) is 33.8 Å². The van der Waals surface area contributed by atoms with E-state index in [1.165, 1.54) is 5.56 Å². The molecule has 1 unspecified atom stereocenters. The lowest BCUT2D eigenvalue weighted by molar-refractivity contribution is -0.326. The zero-order valence-electron chi connectivity index (χ0n) is 9.56. The van der Waals surface area contributed by atoms with Gasteiger partial charge in [0, 0.05) is 10.9 Å². The summed E-state index contributed by atoms with van der Waals surface area (Å²) in [4.78, 5) is 4.12. The number of nitrogens with zero attached hydrogens (tertiary/aromatic N) is 1. The SMILES string of the molecule is NC1=NC2(CCc3c(Br)cccc3C2)C(O)(O)O1. The van der Waals surface area contributed by atoms with Gasteiger partial charge in [0.05, 0.1) is 0 Å². The summed E-state index contributed by atoms with van der Waals surface area (Å²) in [6.45, 7) is 0. The van der Waals surface area contributed by atoms with Crippen molar-refractivity contribution in [3.8, 4) is 0 Å². The van der Waals surface area contributed by atoms with E-state index in [0.29, 0.717) is 19.3 Å². The van der Waals surface area contributed by atoms with Crippen LogP contribution in [0.5, 0.6) is 0 Å². The van der Waals surface area contributed by atoms with Gasteiger partial charge in [-0.25, -0.2) is 4.99 Å². The standard InChI is InChI=1S/C12H13BrN2O3/c13-9-3-1-2-7-6-11(5-4-8(7)9)12(16,17)18-10(14)15-11/h1-3,16-17H,4-6H2,(H2,14,15). The van der Waals surface area contributed by atoms with Crippen LogP contribution in [0.4, 0.5) is 0 Å². The highest BCUT2D eigenvalue weighted by Gasteiger charge is 2.58. The molecule has 0 bridgehead atoms. The molecule has 1 atom stereocenters. The normalized spacial score (nSPS) is 28.7. The van der Waals surface area contributed by atoms with Crippen molar-refractivity contribution in [3.63, 3.8) is 0 Å². The third-order valence-corrected chi connectivity index (χ3v) is 4.41. The Morgan fingerprint density at radius 1 is 1.39 bits per heavy atom. The third-order valence-electron chi connectivity index (χ3n) is 3.66. The Kier molecular flexibility index (Phi) is 2.45. The lowest BCUT2D eigenvalue weighted by Crippen LogP contribution is -2.54. The summed E-state index contributed by atoms with van der Waals surface area (Å²) in [5, 5.41) is 19.9. The number of amidine groups is 1. The van der Waals surface area contributed by atoms with Gasteiger partial charge in [-0.2, -0.15) is 0 Å². The second-order valence-corrected chi connectivity index (χ2v) is 5.60. The van der Waals surface area contributed by atoms with Crippen LogP contribution in [0.2, 0.25) is 0 Å². The summed E-state index contributed by atoms with van der Waals surface area (Å²) in [5.74, 6) is -2.32. The van der Waals surface area contributed by atoms with Crippen LogP contribution in [0.15, 0.2) is 27.7 Å². The van der Waals surface area contributed by atoms with Crippen LogP contribution in [-0.2, 0) is 17.6 Å². The molecular formula is C12H13BrN2O3. The highest BCUT2D eigenvalue weighted by molar-refractivity contribution is 9.10. The summed E-state index contributed by atoms with van der Waals surface area (Å²) in [6.07, 6.45) is 1.57. The fraction of sp³-hybridized carbons (Fsp3) is 0.417. The summed E-state index contributed by atoms with van der Waals surface area (Å²) in [6, 6.07) is 5.69. The van der Waals surface area contributed by atoms with Crippen LogP contribution < -0.4 is 5.73 Å². The molecule has 1 heterocycles. The second-order valence-electron chi connectivity index (χ2n) is 4.75. The first-order valence-electron chi connectivity index (χ1n) is 5.69. The summed E-state index contributed by atoms with van der Waals surface area (Å²) in [7, 11) is 0. The Balaban J connectivity index is 2.05. The van der Waals surface area contributed by atoms with E-state index in [9.17, 15) is 10.2 Å². The third kappa shape index (κ3) is 1.56. The monoisotopic (exact) mass is 312 g/mol. The summed E-state index contributed by atoms with van der Waals surface area (Å²) < 4.78 is 5.85. The van der Waals surface area contributed by atoms with Crippen LogP contribution in [-0.4, -0.2) is 27.7 Å². The molecule has 18 heavy (non-hydrogen) atoms. The van der Waals surface area contributed by atoms with Crippen molar-refractivity contribution >= 4 is 22.0 Å². The average molecular weight is 313 g/mol. The number of nitrogens with two attached hydrogens (primary N) is 1. The van der Waals surface area contributed by atoms with Gasteiger partial charge in [0.2, 0.25) is 0 Å².